The number of amides is 1. The molecule has 0 saturated heterocycles. The quantitative estimate of drug-likeness (QED) is 0.654. The average molecular weight is 389 g/mol. The molecule has 0 aliphatic heterocycles. The highest BCUT2D eigenvalue weighted by Gasteiger charge is 2.14. The molecule has 5 heteroatoms. The third kappa shape index (κ3) is 4.74. The third-order valence-corrected chi connectivity index (χ3v) is 4.88. The molecule has 0 fully saturated rings. The van der Waals surface area contributed by atoms with Crippen LogP contribution in [0.2, 0.25) is 0 Å². The lowest BCUT2D eigenvalue weighted by molar-refractivity contribution is 0.0951. The van der Waals surface area contributed by atoms with E-state index in [9.17, 15) is 9.59 Å². The minimum atomic E-state index is -0.202. The third-order valence-electron chi connectivity index (χ3n) is 4.88. The monoisotopic (exact) mass is 389 g/mol. The molecule has 0 saturated carbocycles. The van der Waals surface area contributed by atoms with Gasteiger partial charge in [-0.25, -0.2) is 0 Å². The van der Waals surface area contributed by atoms with Crippen molar-refractivity contribution in [2.45, 2.75) is 40.3 Å². The second-order valence-electron chi connectivity index (χ2n) is 7.47. The van der Waals surface area contributed by atoms with Crippen LogP contribution in [0, 0.1) is 13.8 Å². The maximum atomic E-state index is 12.6. The predicted molar refractivity (Wildman–Crippen MR) is 118 cm³/mol. The number of hydrogen-bond acceptors (Lipinski definition) is 3. The van der Waals surface area contributed by atoms with Gasteiger partial charge in [-0.2, -0.15) is 0 Å². The van der Waals surface area contributed by atoms with Gasteiger partial charge in [0.05, 0.1) is 0 Å². The van der Waals surface area contributed by atoms with Gasteiger partial charge in [0.15, 0.2) is 0 Å². The lowest BCUT2D eigenvalue weighted by Gasteiger charge is -2.29. The summed E-state index contributed by atoms with van der Waals surface area (Å²) in [5, 5.41) is 2.85. The molecule has 3 rings (SSSR count). The van der Waals surface area contributed by atoms with Gasteiger partial charge in [0.25, 0.3) is 11.5 Å². The maximum absolute atomic E-state index is 12.6. The minimum Gasteiger partial charge on any atom is -0.348 e. The Morgan fingerprint density at radius 1 is 1.00 bits per heavy atom. The molecule has 0 radical (unpaired) electrons. The lowest BCUT2D eigenvalue weighted by atomic mass is 10.1. The number of aromatic nitrogens is 1. The normalized spacial score (nSPS) is 10.8. The Balaban J connectivity index is 1.74. The molecule has 5 nitrogen and oxygen atoms in total. The number of nitrogens with zero attached hydrogens (tertiary/aromatic N) is 1. The first-order chi connectivity index (χ1) is 13.9. The van der Waals surface area contributed by atoms with Gasteiger partial charge < -0.3 is 15.2 Å². The Kier molecular flexibility index (Phi) is 6.17. The van der Waals surface area contributed by atoms with Gasteiger partial charge in [-0.1, -0.05) is 18.2 Å². The number of carbonyl (C=O) groups is 1. The van der Waals surface area contributed by atoms with Gasteiger partial charge in [-0.05, 0) is 75.7 Å². The molecular formula is C24H27N3O2. The zero-order valence-corrected chi connectivity index (χ0v) is 17.3. The largest absolute Gasteiger partial charge is 0.348 e. The lowest BCUT2D eigenvalue weighted by Crippen LogP contribution is -2.28. The number of anilines is 2. The molecule has 150 valence electrons. The van der Waals surface area contributed by atoms with Gasteiger partial charge in [0.2, 0.25) is 0 Å². The second kappa shape index (κ2) is 8.78. The fraction of sp³-hybridized carbons (Fsp3) is 0.250. The molecule has 2 N–H and O–H groups in total. The zero-order chi connectivity index (χ0) is 21.0. The van der Waals surface area contributed by atoms with Crippen LogP contribution in [0.15, 0.2) is 65.5 Å². The number of H-pyrrole nitrogens is 1. The SMILES string of the molecule is Cc1cc(C)c(CNC(=O)c2ccc(N(c3ccccc3)C(C)C)cc2)c(=O)[nH]1. The Morgan fingerprint density at radius 2 is 1.62 bits per heavy atom. The van der Waals surface area contributed by atoms with Crippen molar-refractivity contribution in [2.75, 3.05) is 4.90 Å². The first-order valence-corrected chi connectivity index (χ1v) is 9.78. The summed E-state index contributed by atoms with van der Waals surface area (Å²) in [5.74, 6) is -0.202. The van der Waals surface area contributed by atoms with E-state index in [1.165, 1.54) is 0 Å². The van der Waals surface area contributed by atoms with Crippen molar-refractivity contribution >= 4 is 17.3 Å². The first kappa shape index (κ1) is 20.4. The van der Waals surface area contributed by atoms with Gasteiger partial charge in [-0.3, -0.25) is 9.59 Å². The number of aromatic amines is 1. The average Bonchev–Trinajstić information content (AvgIpc) is 2.68. The van der Waals surface area contributed by atoms with Gasteiger partial charge in [-0.15, -0.1) is 0 Å². The highest BCUT2D eigenvalue weighted by atomic mass is 16.1. The topological polar surface area (TPSA) is 65.2 Å². The standard InChI is InChI=1S/C24H27N3O2/c1-16(2)27(20-8-6-5-7-9-20)21-12-10-19(11-13-21)23(28)25-15-22-17(3)14-18(4)26-24(22)29/h5-14,16H,15H2,1-4H3,(H,25,28)(H,26,29). The van der Waals surface area contributed by atoms with Crippen LogP contribution < -0.4 is 15.8 Å². The van der Waals surface area contributed by atoms with Crippen LogP contribution in [0.3, 0.4) is 0 Å². The summed E-state index contributed by atoms with van der Waals surface area (Å²) in [4.78, 5) is 29.7. The smallest absolute Gasteiger partial charge is 0.253 e. The summed E-state index contributed by atoms with van der Waals surface area (Å²) in [5.41, 5.74) is 4.79. The number of aryl methyl sites for hydroxylation is 2. The van der Waals surface area contributed by atoms with Crippen LogP contribution in [-0.4, -0.2) is 16.9 Å². The van der Waals surface area contributed by atoms with E-state index < -0.39 is 0 Å². The summed E-state index contributed by atoms with van der Waals surface area (Å²) < 4.78 is 0. The summed E-state index contributed by atoms with van der Waals surface area (Å²) in [6, 6.07) is 19.9. The molecule has 0 aliphatic rings. The van der Waals surface area contributed by atoms with Crippen molar-refractivity contribution in [3.63, 3.8) is 0 Å². The number of rotatable bonds is 6. The van der Waals surface area contributed by atoms with Crippen molar-refractivity contribution in [1.29, 1.82) is 0 Å². The highest BCUT2D eigenvalue weighted by molar-refractivity contribution is 5.94. The summed E-state index contributed by atoms with van der Waals surface area (Å²) in [6.07, 6.45) is 0. The van der Waals surface area contributed by atoms with Crippen LogP contribution >= 0.6 is 0 Å². The summed E-state index contributed by atoms with van der Waals surface area (Å²) in [7, 11) is 0. The first-order valence-electron chi connectivity index (χ1n) is 9.78. The van der Waals surface area contributed by atoms with E-state index >= 15 is 0 Å². The van der Waals surface area contributed by atoms with Crippen LogP contribution in [0.5, 0.6) is 0 Å². The van der Waals surface area contributed by atoms with Gasteiger partial charge >= 0.3 is 0 Å². The number of carbonyl (C=O) groups excluding carboxylic acids is 1. The van der Waals surface area contributed by atoms with E-state index in [-0.39, 0.29) is 24.1 Å². The number of para-hydroxylation sites is 1. The molecule has 0 atom stereocenters. The molecule has 0 spiro atoms. The van der Waals surface area contributed by atoms with Gasteiger partial charge in [0, 0.05) is 40.8 Å². The molecule has 1 heterocycles. The molecule has 1 amide bonds. The Morgan fingerprint density at radius 3 is 2.21 bits per heavy atom. The van der Waals surface area contributed by atoms with Crippen LogP contribution in [-0.2, 0) is 6.54 Å². The van der Waals surface area contributed by atoms with E-state index in [0.29, 0.717) is 11.1 Å². The van der Waals surface area contributed by atoms with E-state index in [0.717, 1.165) is 22.6 Å². The zero-order valence-electron chi connectivity index (χ0n) is 17.3. The molecule has 0 bridgehead atoms. The van der Waals surface area contributed by atoms with Gasteiger partial charge in [0.1, 0.15) is 0 Å². The second-order valence-corrected chi connectivity index (χ2v) is 7.47. The maximum Gasteiger partial charge on any atom is 0.253 e. The van der Waals surface area contributed by atoms with Crippen LogP contribution in [0.1, 0.15) is 41.0 Å². The fourth-order valence-corrected chi connectivity index (χ4v) is 3.48. The van der Waals surface area contributed by atoms with Crippen molar-refractivity contribution < 1.29 is 4.79 Å². The van der Waals surface area contributed by atoms with Crippen molar-refractivity contribution in [2.24, 2.45) is 0 Å². The molecule has 2 aromatic carbocycles. The molecule has 29 heavy (non-hydrogen) atoms. The van der Waals surface area contributed by atoms with E-state index in [1.807, 2.05) is 62.4 Å². The van der Waals surface area contributed by atoms with E-state index in [2.05, 4.69) is 41.2 Å². The minimum absolute atomic E-state index is 0.159. The van der Waals surface area contributed by atoms with Crippen LogP contribution in [0.4, 0.5) is 11.4 Å². The van der Waals surface area contributed by atoms with Crippen molar-refractivity contribution in [3.05, 3.63) is 93.4 Å². The molecular weight excluding hydrogens is 362 g/mol. The number of nitrogens with one attached hydrogen (secondary N) is 2. The number of pyridine rings is 1. The summed E-state index contributed by atoms with van der Waals surface area (Å²) in [6.45, 7) is 8.19. The van der Waals surface area contributed by atoms with E-state index in [1.54, 1.807) is 0 Å². The molecule has 0 unspecified atom stereocenters. The van der Waals surface area contributed by atoms with Crippen molar-refractivity contribution in [1.82, 2.24) is 10.3 Å². The Labute approximate surface area is 171 Å². The Bertz CT molecular complexity index is 1040. The Hall–Kier alpha value is -3.34. The molecule has 0 aliphatic carbocycles. The predicted octanol–water partition coefficient (Wildman–Crippen LogP) is 4.47. The van der Waals surface area contributed by atoms with Crippen molar-refractivity contribution in [3.8, 4) is 0 Å². The molecule has 1 aromatic heterocycles. The van der Waals surface area contributed by atoms with E-state index in [4.69, 9.17) is 0 Å². The number of benzene rings is 2. The van der Waals surface area contributed by atoms with Crippen LogP contribution in [0.25, 0.3) is 0 Å². The highest BCUT2D eigenvalue weighted by Crippen LogP contribution is 2.27. The number of hydrogen-bond donors (Lipinski definition) is 2. The molecule has 3 aromatic rings. The fourth-order valence-electron chi connectivity index (χ4n) is 3.48. The summed E-state index contributed by atoms with van der Waals surface area (Å²) >= 11 is 0.